The zero-order chi connectivity index (χ0) is 12.7. The molecule has 0 bridgehead atoms. The topological polar surface area (TPSA) is 75.4 Å². The first kappa shape index (κ1) is 14.0. The van der Waals surface area contributed by atoms with Crippen LogP contribution in [0.3, 0.4) is 0 Å². The van der Waals surface area contributed by atoms with Gasteiger partial charge in [0, 0.05) is 26.1 Å². The summed E-state index contributed by atoms with van der Waals surface area (Å²) < 4.78 is 0. The summed E-state index contributed by atoms with van der Waals surface area (Å²) >= 11 is 0. The summed E-state index contributed by atoms with van der Waals surface area (Å²) in [7, 11) is 0. The Labute approximate surface area is 103 Å². The quantitative estimate of drug-likeness (QED) is 0.677. The molecular formula is C12H23N3O2. The maximum atomic E-state index is 11.7. The summed E-state index contributed by atoms with van der Waals surface area (Å²) in [6, 6.07) is -0.463. The molecule has 1 aliphatic rings. The van der Waals surface area contributed by atoms with Crippen LogP contribution in [0.4, 0.5) is 0 Å². The third-order valence-corrected chi connectivity index (χ3v) is 2.99. The Kier molecular flexibility index (Phi) is 5.97. The summed E-state index contributed by atoms with van der Waals surface area (Å²) in [5.74, 6) is 0.119. The van der Waals surface area contributed by atoms with E-state index < -0.39 is 6.04 Å². The molecule has 98 valence electrons. The van der Waals surface area contributed by atoms with Gasteiger partial charge in [0.05, 0.1) is 6.04 Å². The molecular weight excluding hydrogens is 218 g/mol. The van der Waals surface area contributed by atoms with E-state index in [1.165, 1.54) is 0 Å². The summed E-state index contributed by atoms with van der Waals surface area (Å²) in [4.78, 5) is 24.8. The second kappa shape index (κ2) is 7.27. The van der Waals surface area contributed by atoms with E-state index in [1.54, 1.807) is 6.92 Å². The van der Waals surface area contributed by atoms with Crippen LogP contribution >= 0.6 is 0 Å². The predicted octanol–water partition coefficient (Wildman–Crippen LogP) is 0.242. The van der Waals surface area contributed by atoms with E-state index in [2.05, 4.69) is 5.32 Å². The van der Waals surface area contributed by atoms with Crippen molar-refractivity contribution in [2.45, 2.75) is 45.1 Å². The Morgan fingerprint density at radius 1 is 1.47 bits per heavy atom. The van der Waals surface area contributed by atoms with Crippen molar-refractivity contribution in [2.75, 3.05) is 19.6 Å². The minimum atomic E-state index is -0.463. The van der Waals surface area contributed by atoms with Gasteiger partial charge >= 0.3 is 0 Å². The minimum absolute atomic E-state index is 0.132. The largest absolute Gasteiger partial charge is 0.355 e. The molecule has 0 saturated carbocycles. The van der Waals surface area contributed by atoms with Crippen molar-refractivity contribution in [1.82, 2.24) is 10.2 Å². The lowest BCUT2D eigenvalue weighted by molar-refractivity contribution is -0.130. The average molecular weight is 241 g/mol. The Balaban J connectivity index is 2.16. The highest BCUT2D eigenvalue weighted by Crippen LogP contribution is 2.10. The molecule has 0 aliphatic carbocycles. The normalized spacial score (nSPS) is 18.7. The predicted molar refractivity (Wildman–Crippen MR) is 66.3 cm³/mol. The van der Waals surface area contributed by atoms with Crippen LogP contribution in [0.25, 0.3) is 0 Å². The Hall–Kier alpha value is -1.10. The van der Waals surface area contributed by atoms with Crippen LogP contribution in [0.2, 0.25) is 0 Å². The second-order valence-corrected chi connectivity index (χ2v) is 4.62. The Morgan fingerprint density at radius 2 is 2.24 bits per heavy atom. The van der Waals surface area contributed by atoms with Gasteiger partial charge in [-0.2, -0.15) is 0 Å². The number of nitrogens with one attached hydrogen (secondary N) is 1. The van der Waals surface area contributed by atoms with Crippen LogP contribution in [0, 0.1) is 0 Å². The van der Waals surface area contributed by atoms with Crippen molar-refractivity contribution in [3.63, 3.8) is 0 Å². The third kappa shape index (κ3) is 5.17. The summed E-state index contributed by atoms with van der Waals surface area (Å²) in [5, 5.41) is 2.75. The van der Waals surface area contributed by atoms with E-state index >= 15 is 0 Å². The number of likely N-dealkylation sites (tertiary alicyclic amines) is 1. The summed E-state index contributed by atoms with van der Waals surface area (Å²) in [6.45, 7) is 3.84. The molecule has 0 aromatic carbocycles. The molecule has 1 unspecified atom stereocenters. The smallest absolute Gasteiger partial charge is 0.236 e. The molecule has 1 heterocycles. The molecule has 3 N–H and O–H groups in total. The Bertz CT molecular complexity index is 266. The highest BCUT2D eigenvalue weighted by molar-refractivity contribution is 5.80. The van der Waals surface area contributed by atoms with E-state index in [1.807, 2.05) is 4.90 Å². The number of rotatable bonds is 5. The zero-order valence-electron chi connectivity index (χ0n) is 10.6. The minimum Gasteiger partial charge on any atom is -0.355 e. The van der Waals surface area contributed by atoms with Gasteiger partial charge < -0.3 is 16.0 Å². The van der Waals surface area contributed by atoms with Gasteiger partial charge in [-0.25, -0.2) is 0 Å². The number of nitrogens with two attached hydrogens (primary N) is 1. The van der Waals surface area contributed by atoms with Crippen LogP contribution in [-0.2, 0) is 9.59 Å². The molecule has 1 saturated heterocycles. The molecule has 1 aliphatic heterocycles. The van der Waals surface area contributed by atoms with Crippen LogP contribution < -0.4 is 11.1 Å². The number of hydrogen-bond donors (Lipinski definition) is 2. The fourth-order valence-electron chi connectivity index (χ4n) is 1.92. The maximum absolute atomic E-state index is 11.7. The maximum Gasteiger partial charge on any atom is 0.236 e. The lowest BCUT2D eigenvalue weighted by atomic mass is 10.2. The van der Waals surface area contributed by atoms with Crippen molar-refractivity contribution in [1.29, 1.82) is 0 Å². The first-order chi connectivity index (χ1) is 8.11. The molecule has 1 atom stereocenters. The lowest BCUT2D eigenvalue weighted by Crippen LogP contribution is -2.40. The molecule has 2 amide bonds. The summed E-state index contributed by atoms with van der Waals surface area (Å²) in [6.07, 6.45) is 4.72. The molecule has 0 aromatic rings. The number of nitrogens with zero attached hydrogens (tertiary/aromatic N) is 1. The third-order valence-electron chi connectivity index (χ3n) is 2.99. The Morgan fingerprint density at radius 3 is 2.94 bits per heavy atom. The van der Waals surface area contributed by atoms with Crippen molar-refractivity contribution < 1.29 is 9.59 Å². The summed E-state index contributed by atoms with van der Waals surface area (Å²) in [5.41, 5.74) is 5.43. The first-order valence-electron chi connectivity index (χ1n) is 6.42. The fraction of sp³-hybridized carbons (Fsp3) is 0.833. The van der Waals surface area contributed by atoms with Gasteiger partial charge in [-0.05, 0) is 26.2 Å². The molecule has 1 rings (SSSR count). The SMILES string of the molecule is CC(N)C(=O)NCCCN1CCCCCC1=O. The van der Waals surface area contributed by atoms with Gasteiger partial charge in [-0.3, -0.25) is 9.59 Å². The molecule has 0 aromatic heterocycles. The molecule has 0 spiro atoms. The van der Waals surface area contributed by atoms with Crippen LogP contribution in [0.5, 0.6) is 0 Å². The number of carbonyl (C=O) groups is 2. The van der Waals surface area contributed by atoms with Gasteiger partial charge in [0.1, 0.15) is 0 Å². The molecule has 5 heteroatoms. The molecule has 1 fully saturated rings. The van der Waals surface area contributed by atoms with E-state index in [-0.39, 0.29) is 11.8 Å². The van der Waals surface area contributed by atoms with Crippen molar-refractivity contribution in [3.05, 3.63) is 0 Å². The van der Waals surface area contributed by atoms with Gasteiger partial charge in [0.15, 0.2) is 0 Å². The monoisotopic (exact) mass is 241 g/mol. The van der Waals surface area contributed by atoms with Crippen LogP contribution in [0.1, 0.15) is 39.0 Å². The number of amides is 2. The van der Waals surface area contributed by atoms with Gasteiger partial charge in [0.25, 0.3) is 0 Å². The van der Waals surface area contributed by atoms with Gasteiger partial charge in [-0.15, -0.1) is 0 Å². The number of hydrogen-bond acceptors (Lipinski definition) is 3. The van der Waals surface area contributed by atoms with E-state index in [0.717, 1.165) is 38.8 Å². The van der Waals surface area contributed by atoms with Crippen molar-refractivity contribution in [3.8, 4) is 0 Å². The van der Waals surface area contributed by atoms with Crippen molar-refractivity contribution in [2.24, 2.45) is 5.73 Å². The highest BCUT2D eigenvalue weighted by atomic mass is 16.2. The molecule has 17 heavy (non-hydrogen) atoms. The van der Waals surface area contributed by atoms with E-state index in [0.29, 0.717) is 13.0 Å². The van der Waals surface area contributed by atoms with Crippen LogP contribution in [-0.4, -0.2) is 42.4 Å². The average Bonchev–Trinajstić information content (AvgIpc) is 2.49. The first-order valence-corrected chi connectivity index (χ1v) is 6.42. The molecule has 0 radical (unpaired) electrons. The van der Waals surface area contributed by atoms with Crippen molar-refractivity contribution >= 4 is 11.8 Å². The molecule has 5 nitrogen and oxygen atoms in total. The lowest BCUT2D eigenvalue weighted by Gasteiger charge is -2.20. The fourth-order valence-corrected chi connectivity index (χ4v) is 1.92. The second-order valence-electron chi connectivity index (χ2n) is 4.62. The van der Waals surface area contributed by atoms with Crippen LogP contribution in [0.15, 0.2) is 0 Å². The highest BCUT2D eigenvalue weighted by Gasteiger charge is 2.15. The van der Waals surface area contributed by atoms with E-state index in [9.17, 15) is 9.59 Å². The number of carbonyl (C=O) groups excluding carboxylic acids is 2. The van der Waals surface area contributed by atoms with E-state index in [4.69, 9.17) is 5.73 Å². The standard InChI is InChI=1S/C12H23N3O2/c1-10(13)12(17)14-7-5-9-15-8-4-2-3-6-11(15)16/h10H,2-9,13H2,1H3,(H,14,17). The zero-order valence-corrected chi connectivity index (χ0v) is 10.6. The van der Waals surface area contributed by atoms with Gasteiger partial charge in [0.2, 0.25) is 11.8 Å². The van der Waals surface area contributed by atoms with Gasteiger partial charge in [-0.1, -0.05) is 6.42 Å².